The molecule has 3 rings (SSSR count). The highest BCUT2D eigenvalue weighted by molar-refractivity contribution is 5.99. The minimum absolute atomic E-state index is 0.0459. The molecule has 0 bridgehead atoms. The fourth-order valence-corrected chi connectivity index (χ4v) is 2.68. The van der Waals surface area contributed by atoms with Crippen LogP contribution in [0.4, 0.5) is 15.8 Å². The number of ether oxygens (including phenoxy) is 1. The molecule has 0 fully saturated rings. The summed E-state index contributed by atoms with van der Waals surface area (Å²) < 4.78 is 18.5. The summed E-state index contributed by atoms with van der Waals surface area (Å²) in [5, 5.41) is 2.82. The molecule has 130 valence electrons. The molecule has 0 unspecified atom stereocenters. The average Bonchev–Trinajstić information content (AvgIpc) is 2.59. The highest BCUT2D eigenvalue weighted by Crippen LogP contribution is 2.35. The van der Waals surface area contributed by atoms with E-state index in [-0.39, 0.29) is 24.2 Å². The maximum atomic E-state index is 13.1. The Morgan fingerprint density at radius 2 is 2.00 bits per heavy atom. The first-order chi connectivity index (χ1) is 12.1. The summed E-state index contributed by atoms with van der Waals surface area (Å²) in [4.78, 5) is 25.7. The quantitative estimate of drug-likeness (QED) is 0.905. The summed E-state index contributed by atoms with van der Waals surface area (Å²) in [5.41, 5.74) is 2.01. The molecule has 1 aliphatic heterocycles. The van der Waals surface area contributed by atoms with Crippen LogP contribution in [0.5, 0.6) is 5.75 Å². The minimum atomic E-state index is -0.321. The van der Waals surface area contributed by atoms with E-state index in [0.717, 1.165) is 12.0 Å². The Hall–Kier alpha value is -2.89. The van der Waals surface area contributed by atoms with Gasteiger partial charge in [-0.15, -0.1) is 0 Å². The molecular formula is C19H19FN2O3. The van der Waals surface area contributed by atoms with Gasteiger partial charge in [-0.05, 0) is 42.3 Å². The number of fused-ring (bicyclic) bond motifs is 1. The summed E-state index contributed by atoms with van der Waals surface area (Å²) in [6, 6.07) is 11.2. The van der Waals surface area contributed by atoms with Crippen LogP contribution >= 0.6 is 0 Å². The number of amides is 2. The van der Waals surface area contributed by atoms with Crippen molar-refractivity contribution in [1.29, 1.82) is 0 Å². The third kappa shape index (κ3) is 3.96. The smallest absolute Gasteiger partial charge is 0.265 e. The van der Waals surface area contributed by atoms with Gasteiger partial charge in [-0.25, -0.2) is 4.39 Å². The van der Waals surface area contributed by atoms with Crippen LogP contribution < -0.4 is 15.0 Å². The maximum absolute atomic E-state index is 13.1. The molecule has 0 aromatic heterocycles. The number of hydrogen-bond donors (Lipinski definition) is 1. The van der Waals surface area contributed by atoms with E-state index in [0.29, 0.717) is 30.1 Å². The minimum Gasteiger partial charge on any atom is -0.482 e. The number of nitrogens with one attached hydrogen (secondary N) is 1. The van der Waals surface area contributed by atoms with E-state index in [4.69, 9.17) is 4.74 Å². The van der Waals surface area contributed by atoms with Gasteiger partial charge in [-0.3, -0.25) is 9.59 Å². The lowest BCUT2D eigenvalue weighted by Gasteiger charge is -2.30. The maximum Gasteiger partial charge on any atom is 0.265 e. The summed E-state index contributed by atoms with van der Waals surface area (Å²) in [6.07, 6.45) is 1.20. The molecule has 0 saturated carbocycles. The van der Waals surface area contributed by atoms with Crippen LogP contribution in [0, 0.1) is 5.82 Å². The Balaban J connectivity index is 1.86. The Labute approximate surface area is 145 Å². The zero-order valence-corrected chi connectivity index (χ0v) is 13.9. The third-order valence-corrected chi connectivity index (χ3v) is 3.92. The van der Waals surface area contributed by atoms with Crippen LogP contribution in [-0.2, 0) is 16.1 Å². The van der Waals surface area contributed by atoms with Gasteiger partial charge in [-0.1, -0.05) is 19.1 Å². The second-order valence-corrected chi connectivity index (χ2v) is 5.88. The van der Waals surface area contributed by atoms with Gasteiger partial charge in [0.2, 0.25) is 5.91 Å². The van der Waals surface area contributed by atoms with Crippen molar-refractivity contribution in [2.45, 2.75) is 26.3 Å². The zero-order valence-electron chi connectivity index (χ0n) is 13.9. The topological polar surface area (TPSA) is 58.6 Å². The van der Waals surface area contributed by atoms with Gasteiger partial charge in [0.1, 0.15) is 11.6 Å². The number of hydrogen-bond acceptors (Lipinski definition) is 3. The molecule has 2 aromatic rings. The summed E-state index contributed by atoms with van der Waals surface area (Å²) >= 11 is 0. The first-order valence-corrected chi connectivity index (χ1v) is 8.18. The molecule has 0 spiro atoms. The van der Waals surface area contributed by atoms with Crippen molar-refractivity contribution in [1.82, 2.24) is 0 Å². The molecule has 25 heavy (non-hydrogen) atoms. The SMILES string of the molecule is CCCC(=O)Nc1ccc2c(c1)N(Cc1ccc(F)cc1)C(=O)CO2. The van der Waals surface area contributed by atoms with Crippen LogP contribution in [0.2, 0.25) is 0 Å². The van der Waals surface area contributed by atoms with Gasteiger partial charge in [0.05, 0.1) is 12.2 Å². The van der Waals surface area contributed by atoms with Crippen molar-refractivity contribution in [3.05, 3.63) is 53.8 Å². The van der Waals surface area contributed by atoms with E-state index in [1.807, 2.05) is 6.92 Å². The molecular weight excluding hydrogens is 323 g/mol. The Bertz CT molecular complexity index is 790. The normalized spacial score (nSPS) is 13.2. The predicted octanol–water partition coefficient (Wildman–Crippen LogP) is 3.49. The molecule has 5 nitrogen and oxygen atoms in total. The number of carbonyl (C=O) groups excluding carboxylic acids is 2. The molecule has 1 N–H and O–H groups in total. The molecule has 1 heterocycles. The number of benzene rings is 2. The number of nitrogens with zero attached hydrogens (tertiary/aromatic N) is 1. The highest BCUT2D eigenvalue weighted by Gasteiger charge is 2.26. The van der Waals surface area contributed by atoms with Gasteiger partial charge in [0.15, 0.2) is 6.61 Å². The fourth-order valence-electron chi connectivity index (χ4n) is 2.68. The predicted molar refractivity (Wildman–Crippen MR) is 93.1 cm³/mol. The van der Waals surface area contributed by atoms with Gasteiger partial charge in [0, 0.05) is 12.1 Å². The van der Waals surface area contributed by atoms with Crippen molar-refractivity contribution < 1.29 is 18.7 Å². The zero-order chi connectivity index (χ0) is 17.8. The van der Waals surface area contributed by atoms with E-state index >= 15 is 0 Å². The first-order valence-electron chi connectivity index (χ1n) is 8.18. The monoisotopic (exact) mass is 342 g/mol. The molecule has 0 saturated heterocycles. The van der Waals surface area contributed by atoms with Crippen molar-refractivity contribution >= 4 is 23.2 Å². The van der Waals surface area contributed by atoms with Gasteiger partial charge >= 0.3 is 0 Å². The van der Waals surface area contributed by atoms with Gasteiger partial charge in [0.25, 0.3) is 5.91 Å². The molecule has 0 atom stereocenters. The largest absolute Gasteiger partial charge is 0.482 e. The van der Waals surface area contributed by atoms with E-state index in [9.17, 15) is 14.0 Å². The van der Waals surface area contributed by atoms with Crippen LogP contribution in [0.25, 0.3) is 0 Å². The fraction of sp³-hybridized carbons (Fsp3) is 0.263. The van der Waals surface area contributed by atoms with E-state index in [1.54, 1.807) is 35.2 Å². The standard InChI is InChI=1S/C19H19FN2O3/c1-2-3-18(23)21-15-8-9-17-16(10-15)22(19(24)12-25-17)11-13-4-6-14(20)7-5-13/h4-10H,2-3,11-12H2,1H3,(H,21,23). The molecule has 6 heteroatoms. The Morgan fingerprint density at radius 1 is 1.24 bits per heavy atom. The first kappa shape index (κ1) is 17.0. The third-order valence-electron chi connectivity index (χ3n) is 3.92. The summed E-state index contributed by atoms with van der Waals surface area (Å²) in [7, 11) is 0. The lowest BCUT2D eigenvalue weighted by Crippen LogP contribution is -2.38. The Kier molecular flexibility index (Phi) is 4.97. The van der Waals surface area contributed by atoms with Crippen molar-refractivity contribution in [2.75, 3.05) is 16.8 Å². The van der Waals surface area contributed by atoms with Crippen LogP contribution in [-0.4, -0.2) is 18.4 Å². The number of rotatable bonds is 5. The van der Waals surface area contributed by atoms with Crippen molar-refractivity contribution in [2.24, 2.45) is 0 Å². The molecule has 0 aliphatic carbocycles. The Morgan fingerprint density at radius 3 is 2.72 bits per heavy atom. The number of carbonyl (C=O) groups is 2. The summed E-state index contributed by atoms with van der Waals surface area (Å²) in [6.45, 7) is 2.20. The molecule has 1 aliphatic rings. The van der Waals surface area contributed by atoms with E-state index in [1.165, 1.54) is 12.1 Å². The molecule has 0 radical (unpaired) electrons. The number of anilines is 2. The second kappa shape index (κ2) is 7.34. The van der Waals surface area contributed by atoms with Crippen molar-refractivity contribution in [3.63, 3.8) is 0 Å². The average molecular weight is 342 g/mol. The molecule has 2 aromatic carbocycles. The van der Waals surface area contributed by atoms with Crippen LogP contribution in [0.3, 0.4) is 0 Å². The summed E-state index contributed by atoms with van der Waals surface area (Å²) in [5.74, 6) is -0.00183. The van der Waals surface area contributed by atoms with Gasteiger partial charge in [-0.2, -0.15) is 0 Å². The van der Waals surface area contributed by atoms with E-state index in [2.05, 4.69) is 5.32 Å². The van der Waals surface area contributed by atoms with Gasteiger partial charge < -0.3 is 15.0 Å². The van der Waals surface area contributed by atoms with E-state index < -0.39 is 0 Å². The highest BCUT2D eigenvalue weighted by atomic mass is 19.1. The van der Waals surface area contributed by atoms with Crippen LogP contribution in [0.15, 0.2) is 42.5 Å². The lowest BCUT2D eigenvalue weighted by molar-refractivity contribution is -0.121. The lowest BCUT2D eigenvalue weighted by atomic mass is 10.1. The number of halogens is 1. The molecule has 2 amide bonds. The van der Waals surface area contributed by atoms with Crippen molar-refractivity contribution in [3.8, 4) is 5.75 Å². The van der Waals surface area contributed by atoms with Crippen LogP contribution in [0.1, 0.15) is 25.3 Å². The second-order valence-electron chi connectivity index (χ2n) is 5.88.